The first-order valence-electron chi connectivity index (χ1n) is 6.36. The van der Waals surface area contributed by atoms with E-state index in [1.165, 1.54) is 18.3 Å². The van der Waals surface area contributed by atoms with E-state index in [9.17, 15) is 4.79 Å². The Hall–Kier alpha value is -2.60. The number of hydrogen-bond acceptors (Lipinski definition) is 5. The van der Waals surface area contributed by atoms with Crippen LogP contribution in [0.1, 0.15) is 6.92 Å². The number of nitrogens with zero attached hydrogens (tertiary/aromatic N) is 3. The molecular formula is C15H12N4OS. The van der Waals surface area contributed by atoms with E-state index < -0.39 is 0 Å². The van der Waals surface area contributed by atoms with Gasteiger partial charge in [0.25, 0.3) is 0 Å². The molecule has 1 heterocycles. The highest BCUT2D eigenvalue weighted by molar-refractivity contribution is 7.21. The lowest BCUT2D eigenvalue weighted by Gasteiger charge is -2.03. The van der Waals surface area contributed by atoms with Crippen molar-refractivity contribution in [3.63, 3.8) is 0 Å². The topological polar surface area (TPSA) is 66.7 Å². The number of thiazole rings is 1. The van der Waals surface area contributed by atoms with Crippen LogP contribution in [-0.4, -0.2) is 10.9 Å². The van der Waals surface area contributed by atoms with Crippen LogP contribution in [0.5, 0.6) is 0 Å². The fraction of sp³-hybridized carbons (Fsp3) is 0.0667. The van der Waals surface area contributed by atoms with Crippen LogP contribution in [0.15, 0.2) is 58.8 Å². The predicted octanol–water partition coefficient (Wildman–Crippen LogP) is 4.67. The largest absolute Gasteiger partial charge is 0.324 e. The fourth-order valence-electron chi connectivity index (χ4n) is 1.86. The summed E-state index contributed by atoms with van der Waals surface area (Å²) in [5.74, 6) is -0.141. The van der Waals surface area contributed by atoms with Gasteiger partial charge in [0, 0.05) is 6.92 Å². The lowest BCUT2D eigenvalue weighted by molar-refractivity contribution is -0.114. The Morgan fingerprint density at radius 2 is 1.86 bits per heavy atom. The Kier molecular flexibility index (Phi) is 3.70. The van der Waals surface area contributed by atoms with E-state index in [2.05, 4.69) is 20.5 Å². The minimum Gasteiger partial charge on any atom is -0.324 e. The van der Waals surface area contributed by atoms with Gasteiger partial charge in [0.05, 0.1) is 15.9 Å². The van der Waals surface area contributed by atoms with Crippen molar-refractivity contribution in [3.8, 4) is 0 Å². The van der Waals surface area contributed by atoms with Crippen LogP contribution >= 0.6 is 11.3 Å². The summed E-state index contributed by atoms with van der Waals surface area (Å²) in [6, 6.07) is 15.1. The number of carbonyl (C=O) groups excluding carboxylic acids is 1. The Balaban J connectivity index is 1.90. The highest BCUT2D eigenvalue weighted by Crippen LogP contribution is 2.31. The summed E-state index contributed by atoms with van der Waals surface area (Å²) in [6.45, 7) is 1.46. The molecule has 1 amide bonds. The molecule has 0 spiro atoms. The number of rotatable bonds is 3. The summed E-state index contributed by atoms with van der Waals surface area (Å²) in [5, 5.41) is 11.7. The summed E-state index contributed by atoms with van der Waals surface area (Å²) in [7, 11) is 0. The summed E-state index contributed by atoms with van der Waals surface area (Å²) >= 11 is 1.48. The van der Waals surface area contributed by atoms with Crippen LogP contribution in [0.25, 0.3) is 10.2 Å². The monoisotopic (exact) mass is 296 g/mol. The van der Waals surface area contributed by atoms with Crippen LogP contribution in [0.3, 0.4) is 0 Å². The van der Waals surface area contributed by atoms with E-state index in [1.54, 1.807) is 12.1 Å². The molecule has 0 fully saturated rings. The third-order valence-corrected chi connectivity index (χ3v) is 3.66. The van der Waals surface area contributed by atoms with Crippen molar-refractivity contribution in [1.29, 1.82) is 0 Å². The molecule has 104 valence electrons. The molecule has 0 radical (unpaired) electrons. The molecule has 21 heavy (non-hydrogen) atoms. The van der Waals surface area contributed by atoms with Gasteiger partial charge in [0.15, 0.2) is 0 Å². The fourth-order valence-corrected chi connectivity index (χ4v) is 2.64. The first-order valence-corrected chi connectivity index (χ1v) is 7.18. The molecule has 3 aromatic rings. The third-order valence-electron chi connectivity index (χ3n) is 2.74. The molecule has 5 nitrogen and oxygen atoms in total. The molecule has 0 aliphatic heterocycles. The van der Waals surface area contributed by atoms with Gasteiger partial charge in [-0.1, -0.05) is 35.6 Å². The Morgan fingerprint density at radius 1 is 1.10 bits per heavy atom. The summed E-state index contributed by atoms with van der Waals surface area (Å²) < 4.78 is 1.07. The van der Waals surface area contributed by atoms with Gasteiger partial charge in [0.2, 0.25) is 11.0 Å². The third kappa shape index (κ3) is 3.11. The second kappa shape index (κ2) is 5.80. The first kappa shape index (κ1) is 13.4. The summed E-state index contributed by atoms with van der Waals surface area (Å²) in [4.78, 5) is 15.6. The van der Waals surface area contributed by atoms with Gasteiger partial charge in [-0.25, -0.2) is 4.98 Å². The zero-order chi connectivity index (χ0) is 14.7. The lowest BCUT2D eigenvalue weighted by Crippen LogP contribution is -2.05. The highest BCUT2D eigenvalue weighted by atomic mass is 32.1. The number of para-hydroxylation sites is 2. The van der Waals surface area contributed by atoms with Crippen molar-refractivity contribution in [2.75, 3.05) is 5.32 Å². The van der Waals surface area contributed by atoms with E-state index in [0.717, 1.165) is 10.2 Å². The van der Waals surface area contributed by atoms with Gasteiger partial charge in [0.1, 0.15) is 5.69 Å². The second-order valence-corrected chi connectivity index (χ2v) is 5.37. The molecule has 0 unspecified atom stereocenters. The molecule has 0 aliphatic rings. The number of nitrogens with one attached hydrogen (secondary N) is 1. The molecular weight excluding hydrogens is 284 g/mol. The maximum atomic E-state index is 11.2. The molecule has 1 aromatic heterocycles. The van der Waals surface area contributed by atoms with E-state index >= 15 is 0 Å². The zero-order valence-electron chi connectivity index (χ0n) is 11.3. The van der Waals surface area contributed by atoms with Crippen LogP contribution in [0.4, 0.5) is 16.5 Å². The molecule has 3 rings (SSSR count). The van der Waals surface area contributed by atoms with Gasteiger partial charge in [-0.3, -0.25) is 4.79 Å². The summed E-state index contributed by atoms with van der Waals surface area (Å²) in [5.41, 5.74) is 2.15. The van der Waals surface area contributed by atoms with Gasteiger partial charge in [-0.2, -0.15) is 0 Å². The average molecular weight is 296 g/mol. The van der Waals surface area contributed by atoms with Gasteiger partial charge in [-0.15, -0.1) is 10.2 Å². The quantitative estimate of drug-likeness (QED) is 0.714. The van der Waals surface area contributed by atoms with Gasteiger partial charge >= 0.3 is 0 Å². The number of fused-ring (bicyclic) bond motifs is 1. The number of azo groups is 1. The molecule has 0 saturated carbocycles. The van der Waals surface area contributed by atoms with E-state index in [1.807, 2.05) is 36.4 Å². The van der Waals surface area contributed by atoms with Crippen LogP contribution in [0.2, 0.25) is 0 Å². The Morgan fingerprint density at radius 3 is 2.67 bits per heavy atom. The smallest absolute Gasteiger partial charge is 0.231 e. The number of anilines is 1. The van der Waals surface area contributed by atoms with Crippen LogP contribution in [-0.2, 0) is 4.79 Å². The van der Waals surface area contributed by atoms with Crippen molar-refractivity contribution < 1.29 is 4.79 Å². The first-order chi connectivity index (χ1) is 10.2. The number of carbonyl (C=O) groups is 1. The van der Waals surface area contributed by atoms with E-state index in [0.29, 0.717) is 16.5 Å². The predicted molar refractivity (Wildman–Crippen MR) is 84.5 cm³/mol. The number of aromatic nitrogens is 1. The number of hydrogen-bond donors (Lipinski definition) is 1. The maximum Gasteiger partial charge on any atom is 0.231 e. The maximum absolute atomic E-state index is 11.2. The lowest BCUT2D eigenvalue weighted by atomic mass is 10.3. The van der Waals surface area contributed by atoms with Crippen molar-refractivity contribution >= 4 is 44.0 Å². The Labute approximate surface area is 125 Å². The van der Waals surface area contributed by atoms with Crippen molar-refractivity contribution in [1.82, 2.24) is 4.98 Å². The molecule has 1 N–H and O–H groups in total. The SMILES string of the molecule is CC(=O)Nc1ccccc1N=Nc1nc2ccccc2s1. The van der Waals surface area contributed by atoms with Gasteiger partial charge in [-0.05, 0) is 24.3 Å². The van der Waals surface area contributed by atoms with Gasteiger partial charge < -0.3 is 5.32 Å². The van der Waals surface area contributed by atoms with Crippen molar-refractivity contribution in [3.05, 3.63) is 48.5 Å². The molecule has 0 saturated heterocycles. The summed E-state index contributed by atoms with van der Waals surface area (Å²) in [6.07, 6.45) is 0. The van der Waals surface area contributed by atoms with Crippen LogP contribution in [0, 0.1) is 0 Å². The molecule has 6 heteroatoms. The zero-order valence-corrected chi connectivity index (χ0v) is 12.1. The van der Waals surface area contributed by atoms with E-state index in [-0.39, 0.29) is 5.91 Å². The standard InChI is InChI=1S/C15H12N4OS/c1-10(20)16-11-6-2-3-7-12(11)18-19-15-17-13-8-4-5-9-14(13)21-15/h2-9H,1H3,(H,16,20). The highest BCUT2D eigenvalue weighted by Gasteiger charge is 2.04. The van der Waals surface area contributed by atoms with E-state index in [4.69, 9.17) is 0 Å². The minimum absolute atomic E-state index is 0.141. The Bertz CT molecular complexity index is 792. The molecule has 0 aliphatic carbocycles. The molecule has 0 bridgehead atoms. The number of amides is 1. The van der Waals surface area contributed by atoms with Crippen molar-refractivity contribution in [2.45, 2.75) is 6.92 Å². The minimum atomic E-state index is -0.141. The number of benzene rings is 2. The molecule has 2 aromatic carbocycles. The second-order valence-electron chi connectivity index (χ2n) is 4.36. The molecule has 0 atom stereocenters. The van der Waals surface area contributed by atoms with Crippen LogP contribution < -0.4 is 5.32 Å². The van der Waals surface area contributed by atoms with Crippen molar-refractivity contribution in [2.24, 2.45) is 10.2 Å². The normalized spacial score (nSPS) is 11.1. The average Bonchev–Trinajstić information content (AvgIpc) is 2.88.